The lowest BCUT2D eigenvalue weighted by Crippen LogP contribution is -2.37. The van der Waals surface area contributed by atoms with Crippen LogP contribution in [-0.2, 0) is 0 Å². The van der Waals surface area contributed by atoms with Crippen LogP contribution < -0.4 is 15.4 Å². The molecule has 106 valence electrons. The maximum atomic E-state index is 5.65. The highest BCUT2D eigenvalue weighted by molar-refractivity contribution is 5.32. The molecule has 1 unspecified atom stereocenters. The van der Waals surface area contributed by atoms with E-state index < -0.39 is 0 Å². The maximum absolute atomic E-state index is 5.65. The number of nitrogens with zero attached hydrogens (tertiary/aromatic N) is 3. The van der Waals surface area contributed by atoms with Gasteiger partial charge in [0.25, 0.3) is 0 Å². The van der Waals surface area contributed by atoms with Crippen LogP contribution in [0.1, 0.15) is 32.6 Å². The van der Waals surface area contributed by atoms with E-state index in [0.717, 1.165) is 38.4 Å². The Hall–Kier alpha value is -1.36. The smallest absolute Gasteiger partial charge is 0.228 e. The van der Waals surface area contributed by atoms with Crippen LogP contribution in [0.15, 0.2) is 12.3 Å². The van der Waals surface area contributed by atoms with Crippen molar-refractivity contribution in [1.82, 2.24) is 9.97 Å². The van der Waals surface area contributed by atoms with Gasteiger partial charge in [0.05, 0.1) is 6.61 Å². The van der Waals surface area contributed by atoms with Crippen molar-refractivity contribution in [2.24, 2.45) is 11.7 Å². The highest BCUT2D eigenvalue weighted by atomic mass is 16.5. The second kappa shape index (κ2) is 7.28. The van der Waals surface area contributed by atoms with Crippen LogP contribution in [0.4, 0.5) is 5.95 Å². The Bertz CT molecular complexity index is 383. The van der Waals surface area contributed by atoms with E-state index in [1.807, 2.05) is 6.07 Å². The number of piperidine rings is 1. The Morgan fingerprint density at radius 1 is 1.53 bits per heavy atom. The molecule has 0 radical (unpaired) electrons. The van der Waals surface area contributed by atoms with Gasteiger partial charge in [-0.2, -0.15) is 4.98 Å². The molecule has 1 atom stereocenters. The minimum atomic E-state index is 0.669. The van der Waals surface area contributed by atoms with E-state index in [1.165, 1.54) is 12.8 Å². The number of aromatic nitrogens is 2. The van der Waals surface area contributed by atoms with E-state index in [2.05, 4.69) is 21.8 Å². The molecule has 0 spiro atoms. The van der Waals surface area contributed by atoms with E-state index >= 15 is 0 Å². The molecule has 2 heterocycles. The van der Waals surface area contributed by atoms with Gasteiger partial charge in [0.1, 0.15) is 0 Å². The van der Waals surface area contributed by atoms with E-state index in [-0.39, 0.29) is 0 Å². The number of rotatable bonds is 6. The van der Waals surface area contributed by atoms with Crippen LogP contribution in [-0.4, -0.2) is 36.2 Å². The predicted octanol–water partition coefficient (Wildman–Crippen LogP) is 1.83. The third-order valence-corrected chi connectivity index (χ3v) is 3.45. The van der Waals surface area contributed by atoms with Crippen molar-refractivity contribution in [3.63, 3.8) is 0 Å². The Kier molecular flexibility index (Phi) is 5.39. The summed E-state index contributed by atoms with van der Waals surface area (Å²) >= 11 is 0. The Labute approximate surface area is 115 Å². The van der Waals surface area contributed by atoms with Gasteiger partial charge in [-0.15, -0.1) is 0 Å². The summed E-state index contributed by atoms with van der Waals surface area (Å²) in [5.41, 5.74) is 5.65. The molecule has 0 bridgehead atoms. The van der Waals surface area contributed by atoms with Crippen LogP contribution in [0, 0.1) is 5.92 Å². The zero-order valence-electron chi connectivity index (χ0n) is 11.7. The van der Waals surface area contributed by atoms with E-state index in [4.69, 9.17) is 10.5 Å². The Morgan fingerprint density at radius 3 is 3.21 bits per heavy atom. The number of hydrogen-bond acceptors (Lipinski definition) is 5. The molecule has 1 aliphatic heterocycles. The van der Waals surface area contributed by atoms with Crippen molar-refractivity contribution in [1.29, 1.82) is 0 Å². The lowest BCUT2D eigenvalue weighted by Gasteiger charge is -2.32. The van der Waals surface area contributed by atoms with Crippen LogP contribution in [0.2, 0.25) is 0 Å². The van der Waals surface area contributed by atoms with E-state index in [9.17, 15) is 0 Å². The SMILES string of the molecule is CCCOc1ccnc(N2CCCC(CCN)C2)n1. The first kappa shape index (κ1) is 14.1. The first-order chi connectivity index (χ1) is 9.33. The summed E-state index contributed by atoms with van der Waals surface area (Å²) in [5, 5.41) is 0. The number of nitrogens with two attached hydrogens (primary N) is 1. The van der Waals surface area contributed by atoms with Crippen LogP contribution in [0.25, 0.3) is 0 Å². The van der Waals surface area contributed by atoms with Gasteiger partial charge < -0.3 is 15.4 Å². The molecule has 1 fully saturated rings. The monoisotopic (exact) mass is 264 g/mol. The van der Waals surface area contributed by atoms with E-state index in [1.54, 1.807) is 6.20 Å². The van der Waals surface area contributed by atoms with Gasteiger partial charge in [0.15, 0.2) is 0 Å². The fourth-order valence-corrected chi connectivity index (χ4v) is 2.49. The van der Waals surface area contributed by atoms with Gasteiger partial charge in [-0.05, 0) is 38.1 Å². The highest BCUT2D eigenvalue weighted by Gasteiger charge is 2.21. The standard InChI is InChI=1S/C14H24N4O/c1-2-10-19-13-6-8-16-14(17-13)18-9-3-4-12(11-18)5-7-15/h6,8,12H,2-5,7,9-11,15H2,1H3. The molecule has 1 aromatic heterocycles. The molecule has 5 heteroatoms. The quantitative estimate of drug-likeness (QED) is 0.849. The second-order valence-corrected chi connectivity index (χ2v) is 5.07. The van der Waals surface area contributed by atoms with Gasteiger partial charge in [0.2, 0.25) is 11.8 Å². The average molecular weight is 264 g/mol. The average Bonchev–Trinajstić information content (AvgIpc) is 2.46. The van der Waals surface area contributed by atoms with Crippen molar-refractivity contribution < 1.29 is 4.74 Å². The van der Waals surface area contributed by atoms with Crippen LogP contribution >= 0.6 is 0 Å². The largest absolute Gasteiger partial charge is 0.478 e. The van der Waals surface area contributed by atoms with Crippen LogP contribution in [0.5, 0.6) is 5.88 Å². The maximum Gasteiger partial charge on any atom is 0.228 e. The summed E-state index contributed by atoms with van der Waals surface area (Å²) in [4.78, 5) is 11.1. The van der Waals surface area contributed by atoms with E-state index in [0.29, 0.717) is 18.4 Å². The molecule has 0 aromatic carbocycles. The molecule has 1 aromatic rings. The summed E-state index contributed by atoms with van der Waals surface area (Å²) in [7, 11) is 0. The lowest BCUT2D eigenvalue weighted by atomic mass is 9.95. The van der Waals surface area contributed by atoms with Gasteiger partial charge in [-0.1, -0.05) is 6.92 Å². The highest BCUT2D eigenvalue weighted by Crippen LogP contribution is 2.23. The summed E-state index contributed by atoms with van der Waals surface area (Å²) < 4.78 is 5.56. The first-order valence-corrected chi connectivity index (χ1v) is 7.24. The third kappa shape index (κ3) is 4.06. The lowest BCUT2D eigenvalue weighted by molar-refractivity contribution is 0.304. The van der Waals surface area contributed by atoms with Gasteiger partial charge in [0, 0.05) is 25.4 Å². The fraction of sp³-hybridized carbons (Fsp3) is 0.714. The molecular formula is C14H24N4O. The topological polar surface area (TPSA) is 64.3 Å². The van der Waals surface area contributed by atoms with Gasteiger partial charge in [-0.25, -0.2) is 4.98 Å². The molecule has 1 aliphatic rings. The molecule has 5 nitrogen and oxygen atoms in total. The van der Waals surface area contributed by atoms with Gasteiger partial charge in [-0.3, -0.25) is 0 Å². The normalized spacial score (nSPS) is 19.5. The summed E-state index contributed by atoms with van der Waals surface area (Å²) in [6.07, 6.45) is 6.30. The molecule has 0 amide bonds. The number of ether oxygens (including phenoxy) is 1. The minimum absolute atomic E-state index is 0.669. The summed E-state index contributed by atoms with van der Waals surface area (Å²) in [5.74, 6) is 2.13. The number of anilines is 1. The molecule has 0 saturated carbocycles. The van der Waals surface area contributed by atoms with Crippen molar-refractivity contribution in [2.45, 2.75) is 32.6 Å². The minimum Gasteiger partial charge on any atom is -0.478 e. The summed E-state index contributed by atoms with van der Waals surface area (Å²) in [6.45, 7) is 5.59. The molecule has 2 rings (SSSR count). The molecule has 19 heavy (non-hydrogen) atoms. The molecule has 0 aliphatic carbocycles. The second-order valence-electron chi connectivity index (χ2n) is 5.07. The van der Waals surface area contributed by atoms with Gasteiger partial charge >= 0.3 is 0 Å². The predicted molar refractivity (Wildman–Crippen MR) is 76.4 cm³/mol. The molecule has 2 N–H and O–H groups in total. The van der Waals surface area contributed by atoms with Crippen molar-refractivity contribution in [3.8, 4) is 5.88 Å². The fourth-order valence-electron chi connectivity index (χ4n) is 2.49. The zero-order valence-corrected chi connectivity index (χ0v) is 11.7. The third-order valence-electron chi connectivity index (χ3n) is 3.45. The van der Waals surface area contributed by atoms with Crippen molar-refractivity contribution >= 4 is 5.95 Å². The van der Waals surface area contributed by atoms with Crippen LogP contribution in [0.3, 0.4) is 0 Å². The molecule has 1 saturated heterocycles. The first-order valence-electron chi connectivity index (χ1n) is 7.24. The zero-order chi connectivity index (χ0) is 13.5. The van der Waals surface area contributed by atoms with Crippen molar-refractivity contribution in [3.05, 3.63) is 12.3 Å². The number of hydrogen-bond donors (Lipinski definition) is 1. The molecular weight excluding hydrogens is 240 g/mol. The Balaban J connectivity index is 1.99. The Morgan fingerprint density at radius 2 is 2.42 bits per heavy atom. The summed E-state index contributed by atoms with van der Waals surface area (Å²) in [6, 6.07) is 1.82. The van der Waals surface area contributed by atoms with Crippen molar-refractivity contribution in [2.75, 3.05) is 31.1 Å².